The maximum absolute atomic E-state index is 10.4. The fourth-order valence-corrected chi connectivity index (χ4v) is 2.91. The Morgan fingerprint density at radius 1 is 1.22 bits per heavy atom. The third-order valence-corrected chi connectivity index (χ3v) is 4.16. The highest BCUT2D eigenvalue weighted by Gasteiger charge is 2.19. The van der Waals surface area contributed by atoms with E-state index in [-0.39, 0.29) is 0 Å². The molecule has 1 aromatic carbocycles. The molecule has 0 amide bonds. The van der Waals surface area contributed by atoms with Gasteiger partial charge in [0.15, 0.2) is 0 Å². The number of aliphatic hydroxyl groups is 1. The summed E-state index contributed by atoms with van der Waals surface area (Å²) < 4.78 is 11.3. The van der Waals surface area contributed by atoms with E-state index in [1.54, 1.807) is 26.4 Å². The fourth-order valence-electron chi connectivity index (χ4n) is 1.70. The van der Waals surface area contributed by atoms with Gasteiger partial charge < -0.3 is 14.6 Å². The Labute approximate surface area is 118 Å². The minimum atomic E-state index is -0.707. The summed E-state index contributed by atoms with van der Waals surface area (Å²) in [6.07, 6.45) is -0.707. The van der Waals surface area contributed by atoms with Gasteiger partial charge in [0.05, 0.1) is 18.7 Å². The van der Waals surface area contributed by atoms with Crippen LogP contribution in [0, 0.1) is 0 Å². The third kappa shape index (κ3) is 2.53. The fraction of sp³-hybridized carbons (Fsp3) is 0.231. The first-order valence-corrected chi connectivity index (χ1v) is 6.97. The van der Waals surface area contributed by atoms with Crippen LogP contribution in [0.3, 0.4) is 0 Å². The molecular weight excluding hydrogens is 316 g/mol. The number of ether oxygens (including phenoxy) is 2. The first-order chi connectivity index (χ1) is 8.67. The number of rotatable bonds is 4. The Morgan fingerprint density at radius 2 is 1.94 bits per heavy atom. The minimum Gasteiger partial charge on any atom is -0.496 e. The first kappa shape index (κ1) is 13.4. The van der Waals surface area contributed by atoms with Gasteiger partial charge in [0, 0.05) is 10.4 Å². The van der Waals surface area contributed by atoms with E-state index in [4.69, 9.17) is 9.47 Å². The summed E-state index contributed by atoms with van der Waals surface area (Å²) >= 11 is 4.90. The molecule has 0 saturated heterocycles. The van der Waals surface area contributed by atoms with Crippen LogP contribution in [0.15, 0.2) is 34.1 Å². The molecule has 0 spiro atoms. The van der Waals surface area contributed by atoms with E-state index in [2.05, 4.69) is 15.9 Å². The number of thiophene rings is 1. The second-order valence-electron chi connectivity index (χ2n) is 3.65. The van der Waals surface area contributed by atoms with Crippen LogP contribution in [0.2, 0.25) is 0 Å². The van der Waals surface area contributed by atoms with Gasteiger partial charge in [-0.1, -0.05) is 6.07 Å². The predicted octanol–water partition coefficient (Wildman–Crippen LogP) is 3.61. The second-order valence-corrected chi connectivity index (χ2v) is 5.48. The standard InChI is InChI=1S/C13H13BrO3S/c1-16-10-7-9(14)11(17-2)6-8(10)13(15)12-4-3-5-18-12/h3-7,13,15H,1-2H3. The predicted molar refractivity (Wildman–Crippen MR) is 75.6 cm³/mol. The Kier molecular flexibility index (Phi) is 4.27. The third-order valence-electron chi connectivity index (χ3n) is 2.61. The average molecular weight is 329 g/mol. The van der Waals surface area contributed by atoms with Crippen molar-refractivity contribution in [3.63, 3.8) is 0 Å². The van der Waals surface area contributed by atoms with E-state index in [0.717, 1.165) is 9.35 Å². The molecule has 96 valence electrons. The van der Waals surface area contributed by atoms with Gasteiger partial charge in [-0.2, -0.15) is 0 Å². The maximum Gasteiger partial charge on any atom is 0.133 e. The molecule has 1 heterocycles. The number of hydrogen-bond donors (Lipinski definition) is 1. The van der Waals surface area contributed by atoms with Crippen LogP contribution in [0.4, 0.5) is 0 Å². The van der Waals surface area contributed by atoms with Gasteiger partial charge in [-0.15, -0.1) is 11.3 Å². The highest BCUT2D eigenvalue weighted by Crippen LogP contribution is 2.38. The van der Waals surface area contributed by atoms with Crippen molar-refractivity contribution in [3.05, 3.63) is 44.6 Å². The van der Waals surface area contributed by atoms with Crippen LogP contribution in [0.5, 0.6) is 11.5 Å². The topological polar surface area (TPSA) is 38.7 Å². The van der Waals surface area contributed by atoms with Gasteiger partial charge >= 0.3 is 0 Å². The molecule has 0 bridgehead atoms. The molecule has 0 aliphatic heterocycles. The molecule has 5 heteroatoms. The van der Waals surface area contributed by atoms with Crippen LogP contribution in [0.25, 0.3) is 0 Å². The van der Waals surface area contributed by atoms with Crippen molar-refractivity contribution < 1.29 is 14.6 Å². The molecule has 2 aromatic rings. The van der Waals surface area contributed by atoms with E-state index >= 15 is 0 Å². The summed E-state index contributed by atoms with van der Waals surface area (Å²) in [6, 6.07) is 7.38. The van der Waals surface area contributed by atoms with Crippen molar-refractivity contribution in [3.8, 4) is 11.5 Å². The Hall–Kier alpha value is -1.04. The number of methoxy groups -OCH3 is 2. The lowest BCUT2D eigenvalue weighted by atomic mass is 10.1. The molecular formula is C13H13BrO3S. The van der Waals surface area contributed by atoms with Crippen molar-refractivity contribution in [1.82, 2.24) is 0 Å². The average Bonchev–Trinajstić information content (AvgIpc) is 2.91. The van der Waals surface area contributed by atoms with E-state index in [1.807, 2.05) is 17.5 Å². The summed E-state index contributed by atoms with van der Waals surface area (Å²) in [7, 11) is 3.17. The zero-order chi connectivity index (χ0) is 13.1. The summed E-state index contributed by atoms with van der Waals surface area (Å²) in [5.74, 6) is 1.30. The summed E-state index contributed by atoms with van der Waals surface area (Å²) in [5.41, 5.74) is 0.694. The molecule has 18 heavy (non-hydrogen) atoms. The summed E-state index contributed by atoms with van der Waals surface area (Å²) in [5, 5.41) is 12.3. The zero-order valence-corrected chi connectivity index (χ0v) is 12.4. The molecule has 1 atom stereocenters. The zero-order valence-electron chi connectivity index (χ0n) is 10.0. The Bertz CT molecular complexity index is 525. The lowest BCUT2D eigenvalue weighted by Crippen LogP contribution is -2.01. The van der Waals surface area contributed by atoms with Crippen molar-refractivity contribution in [2.45, 2.75) is 6.10 Å². The number of hydrogen-bond acceptors (Lipinski definition) is 4. The SMILES string of the molecule is COc1cc(C(O)c2cccs2)c(OC)cc1Br. The molecule has 0 aliphatic rings. The molecule has 2 rings (SSSR count). The molecule has 1 N–H and O–H groups in total. The lowest BCUT2D eigenvalue weighted by molar-refractivity contribution is 0.217. The van der Waals surface area contributed by atoms with Gasteiger partial charge in [0.25, 0.3) is 0 Å². The Balaban J connectivity index is 2.48. The smallest absolute Gasteiger partial charge is 0.133 e. The summed E-state index contributed by atoms with van der Waals surface area (Å²) in [6.45, 7) is 0. The lowest BCUT2D eigenvalue weighted by Gasteiger charge is -2.16. The van der Waals surface area contributed by atoms with Crippen molar-refractivity contribution in [2.75, 3.05) is 14.2 Å². The van der Waals surface area contributed by atoms with Crippen molar-refractivity contribution in [2.24, 2.45) is 0 Å². The van der Waals surface area contributed by atoms with Crippen LogP contribution >= 0.6 is 27.3 Å². The van der Waals surface area contributed by atoms with Gasteiger partial charge in [0.1, 0.15) is 17.6 Å². The van der Waals surface area contributed by atoms with Crippen LogP contribution < -0.4 is 9.47 Å². The van der Waals surface area contributed by atoms with Gasteiger partial charge in [0.2, 0.25) is 0 Å². The van der Waals surface area contributed by atoms with Crippen LogP contribution in [-0.2, 0) is 0 Å². The molecule has 1 unspecified atom stereocenters. The van der Waals surface area contributed by atoms with E-state index in [1.165, 1.54) is 11.3 Å². The quantitative estimate of drug-likeness (QED) is 0.931. The van der Waals surface area contributed by atoms with Crippen LogP contribution in [-0.4, -0.2) is 19.3 Å². The highest BCUT2D eigenvalue weighted by atomic mass is 79.9. The second kappa shape index (κ2) is 5.73. The molecule has 0 radical (unpaired) electrons. The number of halogens is 1. The van der Waals surface area contributed by atoms with E-state index < -0.39 is 6.10 Å². The maximum atomic E-state index is 10.4. The molecule has 1 aromatic heterocycles. The van der Waals surface area contributed by atoms with E-state index in [0.29, 0.717) is 17.1 Å². The minimum absolute atomic E-state index is 0.628. The monoisotopic (exact) mass is 328 g/mol. The highest BCUT2D eigenvalue weighted by molar-refractivity contribution is 9.10. The van der Waals surface area contributed by atoms with Crippen molar-refractivity contribution in [1.29, 1.82) is 0 Å². The van der Waals surface area contributed by atoms with Gasteiger partial charge in [-0.3, -0.25) is 0 Å². The van der Waals surface area contributed by atoms with Gasteiger partial charge in [-0.25, -0.2) is 0 Å². The molecule has 3 nitrogen and oxygen atoms in total. The molecule has 0 fully saturated rings. The first-order valence-electron chi connectivity index (χ1n) is 5.30. The normalized spacial score (nSPS) is 12.2. The van der Waals surface area contributed by atoms with Gasteiger partial charge in [-0.05, 0) is 39.5 Å². The van der Waals surface area contributed by atoms with Crippen molar-refractivity contribution >= 4 is 27.3 Å². The largest absolute Gasteiger partial charge is 0.496 e. The Morgan fingerprint density at radius 3 is 2.50 bits per heavy atom. The molecule has 0 aliphatic carbocycles. The van der Waals surface area contributed by atoms with Crippen LogP contribution in [0.1, 0.15) is 16.5 Å². The van der Waals surface area contributed by atoms with E-state index in [9.17, 15) is 5.11 Å². The number of aliphatic hydroxyl groups excluding tert-OH is 1. The molecule has 0 saturated carbocycles. The number of benzene rings is 1. The summed E-state index contributed by atoms with van der Waals surface area (Å²) in [4.78, 5) is 0.873.